The molecule has 1 aromatic rings. The van der Waals surface area contributed by atoms with Crippen molar-refractivity contribution in [3.05, 3.63) is 18.0 Å². The second kappa shape index (κ2) is 10.8. The summed E-state index contributed by atoms with van der Waals surface area (Å²) in [6.07, 6.45) is 20.6. The van der Waals surface area contributed by atoms with Crippen molar-refractivity contribution in [2.24, 2.45) is 51.8 Å². The third kappa shape index (κ3) is 4.43. The Bertz CT molecular complexity index is 857. The second-order valence-corrected chi connectivity index (χ2v) is 14.3. The molecule has 0 saturated heterocycles. The molecule has 10 atom stereocenters. The Kier molecular flexibility index (Phi) is 8.44. The topological polar surface area (TPSA) is 17.8 Å². The fourth-order valence-electron chi connectivity index (χ4n) is 11.0. The quantitative estimate of drug-likeness (QED) is 0.383. The lowest BCUT2D eigenvalue weighted by molar-refractivity contribution is -0.173. The molecule has 36 heavy (non-hydrogen) atoms. The van der Waals surface area contributed by atoms with Crippen LogP contribution in [0.3, 0.4) is 0 Å². The summed E-state index contributed by atoms with van der Waals surface area (Å²) in [4.78, 5) is 0. The predicted octanol–water partition coefficient (Wildman–Crippen LogP) is 10.1. The van der Waals surface area contributed by atoms with E-state index in [1.54, 1.807) is 0 Å². The maximum Gasteiger partial charge on any atom is 0.0524 e. The van der Waals surface area contributed by atoms with Crippen LogP contribution in [-0.2, 0) is 6.54 Å². The van der Waals surface area contributed by atoms with Crippen molar-refractivity contribution in [3.8, 4) is 0 Å². The van der Waals surface area contributed by atoms with Crippen molar-refractivity contribution < 1.29 is 0 Å². The lowest BCUT2D eigenvalue weighted by atomic mass is 9.38. The van der Waals surface area contributed by atoms with Crippen LogP contribution in [0.15, 0.2) is 12.4 Å². The molecule has 2 heteroatoms. The standard InChI is InChI=1S/C32H54N2.C2H6/c1-8-23(4)25-19-33-34(21-25)20-24(5)27-10-11-28-26-13-15-30(6)18-22(3)12-17-32(30,9-2)29(26)14-16-31(27,28)7;1-2/h19,21-24,26-29H,8-18,20H2,1-7H3;1-2H3. The summed E-state index contributed by atoms with van der Waals surface area (Å²) >= 11 is 0. The van der Waals surface area contributed by atoms with Gasteiger partial charge in [-0.05, 0) is 127 Å². The Morgan fingerprint density at radius 2 is 1.72 bits per heavy atom. The second-order valence-electron chi connectivity index (χ2n) is 14.3. The average molecular weight is 497 g/mol. The third-order valence-corrected chi connectivity index (χ3v) is 13.0. The molecule has 4 saturated carbocycles. The number of nitrogens with zero attached hydrogens (tertiary/aromatic N) is 2. The van der Waals surface area contributed by atoms with E-state index in [4.69, 9.17) is 5.10 Å². The van der Waals surface area contributed by atoms with E-state index in [0.717, 1.165) is 42.1 Å². The Labute approximate surface area is 224 Å². The molecule has 0 radical (unpaired) electrons. The van der Waals surface area contributed by atoms with Crippen LogP contribution in [0.4, 0.5) is 0 Å². The van der Waals surface area contributed by atoms with Gasteiger partial charge in [-0.1, -0.05) is 68.7 Å². The Morgan fingerprint density at radius 1 is 0.972 bits per heavy atom. The third-order valence-electron chi connectivity index (χ3n) is 13.0. The fourth-order valence-corrected chi connectivity index (χ4v) is 11.0. The summed E-state index contributed by atoms with van der Waals surface area (Å²) in [5.41, 5.74) is 3.21. The van der Waals surface area contributed by atoms with Gasteiger partial charge in [0.1, 0.15) is 0 Å². The molecule has 1 heterocycles. The monoisotopic (exact) mass is 496 g/mol. The van der Waals surface area contributed by atoms with Crippen LogP contribution in [0.2, 0.25) is 0 Å². The highest BCUT2D eigenvalue weighted by Crippen LogP contribution is 2.72. The Morgan fingerprint density at radius 3 is 2.42 bits per heavy atom. The highest BCUT2D eigenvalue weighted by molar-refractivity contribution is 5.14. The van der Waals surface area contributed by atoms with Crippen LogP contribution < -0.4 is 0 Å². The van der Waals surface area contributed by atoms with E-state index in [0.29, 0.717) is 22.2 Å². The summed E-state index contributed by atoms with van der Waals surface area (Å²) in [5, 5.41) is 4.78. The fraction of sp³-hybridized carbons (Fsp3) is 0.912. The van der Waals surface area contributed by atoms with Gasteiger partial charge in [0.2, 0.25) is 0 Å². The van der Waals surface area contributed by atoms with E-state index < -0.39 is 0 Å². The van der Waals surface area contributed by atoms with Crippen molar-refractivity contribution in [2.45, 2.75) is 145 Å². The number of fused-ring (bicyclic) bond motifs is 5. The molecule has 4 aliphatic rings. The van der Waals surface area contributed by atoms with Crippen LogP contribution in [0.5, 0.6) is 0 Å². The maximum absolute atomic E-state index is 4.78. The zero-order valence-corrected chi connectivity index (χ0v) is 25.6. The number of rotatable bonds is 6. The first-order valence-electron chi connectivity index (χ1n) is 16.2. The van der Waals surface area contributed by atoms with Crippen molar-refractivity contribution >= 4 is 0 Å². The van der Waals surface area contributed by atoms with E-state index >= 15 is 0 Å². The molecule has 0 N–H and O–H groups in total. The molecule has 0 aromatic carbocycles. The van der Waals surface area contributed by atoms with Gasteiger partial charge >= 0.3 is 0 Å². The normalized spacial score (nSPS) is 43.4. The molecule has 10 unspecified atom stereocenters. The largest absolute Gasteiger partial charge is 0.272 e. The van der Waals surface area contributed by atoms with E-state index in [1.165, 1.54) is 76.2 Å². The molecule has 4 fully saturated rings. The summed E-state index contributed by atoms with van der Waals surface area (Å²) in [6, 6.07) is 0. The first kappa shape index (κ1) is 28.2. The first-order valence-corrected chi connectivity index (χ1v) is 16.2. The molecule has 0 aliphatic heterocycles. The highest BCUT2D eigenvalue weighted by Gasteiger charge is 2.64. The van der Waals surface area contributed by atoms with Gasteiger partial charge in [-0.2, -0.15) is 5.10 Å². The SMILES string of the molecule is CC.CCC(C)c1cnn(CC(C)C2CCC3C4CCC5(C)CC(C)CCC5(CC)C4CCC23C)c1. The van der Waals surface area contributed by atoms with Gasteiger partial charge < -0.3 is 0 Å². The summed E-state index contributed by atoms with van der Waals surface area (Å²) in [5.74, 6) is 6.12. The molecular formula is C34H60N2. The van der Waals surface area contributed by atoms with Crippen molar-refractivity contribution in [3.63, 3.8) is 0 Å². The molecule has 206 valence electrons. The smallest absolute Gasteiger partial charge is 0.0524 e. The van der Waals surface area contributed by atoms with E-state index in [-0.39, 0.29) is 0 Å². The van der Waals surface area contributed by atoms with Gasteiger partial charge in [0.15, 0.2) is 0 Å². The number of hydrogen-bond donors (Lipinski definition) is 0. The maximum atomic E-state index is 4.78. The van der Waals surface area contributed by atoms with Crippen LogP contribution in [0, 0.1) is 51.8 Å². The molecule has 1 aromatic heterocycles. The lowest BCUT2D eigenvalue weighted by Crippen LogP contribution is -2.58. The number of hydrogen-bond acceptors (Lipinski definition) is 1. The molecule has 0 amide bonds. The number of aromatic nitrogens is 2. The van der Waals surface area contributed by atoms with E-state index in [2.05, 4.69) is 65.5 Å². The average Bonchev–Trinajstić information content (AvgIpc) is 3.48. The van der Waals surface area contributed by atoms with Gasteiger partial charge in [-0.25, -0.2) is 0 Å². The molecule has 2 nitrogen and oxygen atoms in total. The van der Waals surface area contributed by atoms with Crippen molar-refractivity contribution in [2.75, 3.05) is 0 Å². The van der Waals surface area contributed by atoms with Gasteiger partial charge in [0, 0.05) is 12.7 Å². The van der Waals surface area contributed by atoms with E-state index in [9.17, 15) is 0 Å². The lowest BCUT2D eigenvalue weighted by Gasteiger charge is -2.66. The Balaban J connectivity index is 0.00000148. The summed E-state index contributed by atoms with van der Waals surface area (Å²) in [6.45, 7) is 22.8. The van der Waals surface area contributed by atoms with Crippen LogP contribution in [0.25, 0.3) is 0 Å². The molecule has 0 spiro atoms. The minimum Gasteiger partial charge on any atom is -0.272 e. The van der Waals surface area contributed by atoms with Gasteiger partial charge in [-0.3, -0.25) is 4.68 Å². The zero-order valence-electron chi connectivity index (χ0n) is 25.6. The summed E-state index contributed by atoms with van der Waals surface area (Å²) < 4.78 is 2.27. The van der Waals surface area contributed by atoms with Gasteiger partial charge in [-0.15, -0.1) is 0 Å². The van der Waals surface area contributed by atoms with Crippen molar-refractivity contribution in [1.82, 2.24) is 9.78 Å². The first-order chi connectivity index (χ1) is 17.2. The molecule has 0 bridgehead atoms. The minimum absolute atomic E-state index is 0.553. The Hall–Kier alpha value is -0.790. The summed E-state index contributed by atoms with van der Waals surface area (Å²) in [7, 11) is 0. The zero-order chi connectivity index (χ0) is 26.3. The van der Waals surface area contributed by atoms with Crippen LogP contribution in [0.1, 0.15) is 144 Å². The predicted molar refractivity (Wildman–Crippen MR) is 155 cm³/mol. The molecular weight excluding hydrogens is 436 g/mol. The highest BCUT2D eigenvalue weighted by atomic mass is 15.3. The van der Waals surface area contributed by atoms with Crippen molar-refractivity contribution in [1.29, 1.82) is 0 Å². The van der Waals surface area contributed by atoms with Gasteiger partial charge in [0.25, 0.3) is 0 Å². The van der Waals surface area contributed by atoms with Gasteiger partial charge in [0.05, 0.1) is 6.20 Å². The minimum atomic E-state index is 0.553. The molecule has 4 aliphatic carbocycles. The van der Waals surface area contributed by atoms with E-state index in [1.807, 2.05) is 13.8 Å². The molecule has 5 rings (SSSR count). The van der Waals surface area contributed by atoms with Crippen LogP contribution >= 0.6 is 0 Å². The van der Waals surface area contributed by atoms with Crippen LogP contribution in [-0.4, -0.2) is 9.78 Å².